The maximum Gasteiger partial charge on any atom is 0.270 e. The second kappa shape index (κ2) is 6.84. The highest BCUT2D eigenvalue weighted by Gasteiger charge is 2.22. The summed E-state index contributed by atoms with van der Waals surface area (Å²) in [6.07, 6.45) is 0. The standard InChI is InChI=1S/C24H16N6O/c1-15-8-7-9-16(14-15)23-27-28-24(31-23)21-20-22(26-19-13-6-5-12-18(19)25-20)30(29-21)17-10-3-2-4-11-17/h2-14H,1H3. The molecule has 0 atom stereocenters. The molecule has 0 saturated heterocycles. The molecule has 0 radical (unpaired) electrons. The largest absolute Gasteiger partial charge is 0.414 e. The third-order valence-electron chi connectivity index (χ3n) is 5.07. The zero-order chi connectivity index (χ0) is 20.8. The second-order valence-corrected chi connectivity index (χ2v) is 7.26. The Morgan fingerprint density at radius 3 is 2.29 bits per heavy atom. The first-order valence-electron chi connectivity index (χ1n) is 9.88. The minimum Gasteiger partial charge on any atom is -0.414 e. The van der Waals surface area contributed by atoms with Crippen LogP contribution >= 0.6 is 0 Å². The first kappa shape index (κ1) is 17.5. The molecule has 0 unspecified atom stereocenters. The molecular weight excluding hydrogens is 388 g/mol. The maximum absolute atomic E-state index is 6.01. The van der Waals surface area contributed by atoms with Crippen LogP contribution < -0.4 is 0 Å². The van der Waals surface area contributed by atoms with Gasteiger partial charge in [-0.15, -0.1) is 10.2 Å². The van der Waals surface area contributed by atoms with Crippen molar-refractivity contribution >= 4 is 22.2 Å². The monoisotopic (exact) mass is 404 g/mol. The predicted molar refractivity (Wildman–Crippen MR) is 118 cm³/mol. The summed E-state index contributed by atoms with van der Waals surface area (Å²) >= 11 is 0. The fraction of sp³-hybridized carbons (Fsp3) is 0.0417. The molecule has 0 bridgehead atoms. The fourth-order valence-electron chi connectivity index (χ4n) is 3.60. The van der Waals surface area contributed by atoms with Crippen LogP contribution in [0.1, 0.15) is 5.56 Å². The van der Waals surface area contributed by atoms with Gasteiger partial charge < -0.3 is 4.42 Å². The Morgan fingerprint density at radius 1 is 0.742 bits per heavy atom. The van der Waals surface area contributed by atoms with E-state index in [9.17, 15) is 0 Å². The van der Waals surface area contributed by atoms with E-state index >= 15 is 0 Å². The third kappa shape index (κ3) is 2.95. The van der Waals surface area contributed by atoms with Crippen molar-refractivity contribution in [2.75, 3.05) is 0 Å². The van der Waals surface area contributed by atoms with Gasteiger partial charge in [0.1, 0.15) is 5.52 Å². The number of fused-ring (bicyclic) bond motifs is 2. The highest BCUT2D eigenvalue weighted by Crippen LogP contribution is 2.30. The Bertz CT molecular complexity index is 1550. The van der Waals surface area contributed by atoms with E-state index in [4.69, 9.17) is 19.5 Å². The zero-order valence-corrected chi connectivity index (χ0v) is 16.6. The van der Waals surface area contributed by atoms with Gasteiger partial charge in [0.2, 0.25) is 5.89 Å². The molecule has 148 valence electrons. The zero-order valence-electron chi connectivity index (χ0n) is 16.6. The number of para-hydroxylation sites is 3. The van der Waals surface area contributed by atoms with E-state index in [1.165, 1.54) is 0 Å². The average molecular weight is 404 g/mol. The summed E-state index contributed by atoms with van der Waals surface area (Å²) in [5, 5.41) is 13.3. The van der Waals surface area contributed by atoms with Gasteiger partial charge in [-0.25, -0.2) is 14.6 Å². The SMILES string of the molecule is Cc1cccc(-c2nnc(-c3nn(-c4ccccc4)c4nc5ccccc5nc34)o2)c1. The first-order valence-corrected chi connectivity index (χ1v) is 9.88. The molecule has 0 N–H and O–H groups in total. The molecule has 0 saturated carbocycles. The summed E-state index contributed by atoms with van der Waals surface area (Å²) in [5.74, 6) is 0.746. The van der Waals surface area contributed by atoms with E-state index < -0.39 is 0 Å². The van der Waals surface area contributed by atoms with Gasteiger partial charge in [-0.1, -0.05) is 48.0 Å². The minimum absolute atomic E-state index is 0.306. The van der Waals surface area contributed by atoms with E-state index in [-0.39, 0.29) is 0 Å². The van der Waals surface area contributed by atoms with Crippen LogP contribution in [0.3, 0.4) is 0 Å². The van der Waals surface area contributed by atoms with Crippen molar-refractivity contribution in [1.82, 2.24) is 29.9 Å². The highest BCUT2D eigenvalue weighted by molar-refractivity contribution is 5.92. The highest BCUT2D eigenvalue weighted by atomic mass is 16.4. The van der Waals surface area contributed by atoms with E-state index in [2.05, 4.69) is 10.2 Å². The lowest BCUT2D eigenvalue weighted by Crippen LogP contribution is -1.98. The fourth-order valence-corrected chi connectivity index (χ4v) is 3.60. The van der Waals surface area contributed by atoms with Crippen LogP contribution in [0.25, 0.3) is 50.9 Å². The first-order chi connectivity index (χ1) is 15.3. The molecule has 7 heteroatoms. The van der Waals surface area contributed by atoms with Crippen LogP contribution in [-0.4, -0.2) is 29.9 Å². The van der Waals surface area contributed by atoms with E-state index in [1.807, 2.05) is 85.8 Å². The number of aromatic nitrogens is 6. The van der Waals surface area contributed by atoms with Gasteiger partial charge in [-0.3, -0.25) is 0 Å². The topological polar surface area (TPSA) is 82.5 Å². The number of nitrogens with zero attached hydrogens (tertiary/aromatic N) is 6. The normalized spacial score (nSPS) is 11.4. The molecule has 0 aliphatic heterocycles. The van der Waals surface area contributed by atoms with Crippen LogP contribution in [-0.2, 0) is 0 Å². The summed E-state index contributed by atoms with van der Waals surface area (Å²) < 4.78 is 7.78. The summed E-state index contributed by atoms with van der Waals surface area (Å²) in [4.78, 5) is 9.65. The van der Waals surface area contributed by atoms with Crippen LogP contribution in [0.2, 0.25) is 0 Å². The van der Waals surface area contributed by atoms with Gasteiger partial charge in [0.25, 0.3) is 5.89 Å². The Hall–Kier alpha value is -4.39. The van der Waals surface area contributed by atoms with Gasteiger partial charge in [0, 0.05) is 5.56 Å². The maximum atomic E-state index is 6.01. The number of hydrogen-bond acceptors (Lipinski definition) is 6. The van der Waals surface area contributed by atoms with E-state index in [0.717, 1.165) is 27.8 Å². The molecule has 0 spiro atoms. The van der Waals surface area contributed by atoms with Gasteiger partial charge in [0.05, 0.1) is 16.7 Å². The number of aryl methyl sites for hydroxylation is 1. The van der Waals surface area contributed by atoms with Crippen molar-refractivity contribution < 1.29 is 4.42 Å². The van der Waals surface area contributed by atoms with Crippen LogP contribution in [0.5, 0.6) is 0 Å². The lowest BCUT2D eigenvalue weighted by Gasteiger charge is -2.02. The predicted octanol–water partition coefficient (Wildman–Crippen LogP) is 4.99. The second-order valence-electron chi connectivity index (χ2n) is 7.26. The smallest absolute Gasteiger partial charge is 0.270 e. The quantitative estimate of drug-likeness (QED) is 0.413. The Balaban J connectivity index is 1.59. The van der Waals surface area contributed by atoms with E-state index in [0.29, 0.717) is 28.6 Å². The molecular formula is C24H16N6O. The van der Waals surface area contributed by atoms with Gasteiger partial charge in [0.15, 0.2) is 11.3 Å². The number of rotatable bonds is 3. The van der Waals surface area contributed by atoms with Gasteiger partial charge in [-0.2, -0.15) is 5.10 Å². The average Bonchev–Trinajstić information content (AvgIpc) is 3.43. The molecule has 3 heterocycles. The van der Waals surface area contributed by atoms with Crippen molar-refractivity contribution in [1.29, 1.82) is 0 Å². The van der Waals surface area contributed by atoms with Crippen molar-refractivity contribution in [2.45, 2.75) is 6.92 Å². The van der Waals surface area contributed by atoms with Crippen LogP contribution in [0.4, 0.5) is 0 Å². The van der Waals surface area contributed by atoms with E-state index in [1.54, 1.807) is 4.68 Å². The molecule has 3 aromatic heterocycles. The third-order valence-corrected chi connectivity index (χ3v) is 5.07. The molecule has 6 aromatic rings. The molecule has 6 rings (SSSR count). The van der Waals surface area contributed by atoms with Crippen molar-refractivity contribution in [3.8, 4) is 28.7 Å². The molecule has 3 aromatic carbocycles. The molecule has 7 nitrogen and oxygen atoms in total. The lowest BCUT2D eigenvalue weighted by atomic mass is 10.1. The molecule has 31 heavy (non-hydrogen) atoms. The van der Waals surface area contributed by atoms with Crippen LogP contribution in [0.15, 0.2) is 83.3 Å². The molecule has 0 fully saturated rings. The number of benzene rings is 3. The number of hydrogen-bond donors (Lipinski definition) is 0. The van der Waals surface area contributed by atoms with Crippen molar-refractivity contribution in [2.24, 2.45) is 0 Å². The van der Waals surface area contributed by atoms with Gasteiger partial charge >= 0.3 is 0 Å². The van der Waals surface area contributed by atoms with Crippen molar-refractivity contribution in [3.05, 3.63) is 84.4 Å². The summed E-state index contributed by atoms with van der Waals surface area (Å²) in [5.41, 5.74) is 6.19. The summed E-state index contributed by atoms with van der Waals surface area (Å²) in [7, 11) is 0. The summed E-state index contributed by atoms with van der Waals surface area (Å²) in [6.45, 7) is 2.02. The molecule has 0 aliphatic rings. The Labute approximate surface area is 177 Å². The molecule has 0 amide bonds. The van der Waals surface area contributed by atoms with Gasteiger partial charge in [-0.05, 0) is 43.3 Å². The Kier molecular flexibility index (Phi) is 3.86. The van der Waals surface area contributed by atoms with Crippen molar-refractivity contribution in [3.63, 3.8) is 0 Å². The summed E-state index contributed by atoms with van der Waals surface area (Å²) in [6, 6.07) is 25.5. The molecule has 0 aliphatic carbocycles. The van der Waals surface area contributed by atoms with Crippen LogP contribution in [0, 0.1) is 6.92 Å². The lowest BCUT2D eigenvalue weighted by molar-refractivity contribution is 0.581. The Morgan fingerprint density at radius 2 is 1.48 bits per heavy atom. The minimum atomic E-state index is 0.306.